The molecule has 0 aliphatic heterocycles. The van der Waals surface area contributed by atoms with Crippen LogP contribution in [0.3, 0.4) is 0 Å². The highest BCUT2D eigenvalue weighted by molar-refractivity contribution is 6.32. The maximum atomic E-state index is 12.9. The fourth-order valence-corrected chi connectivity index (χ4v) is 3.29. The number of benzene rings is 1. The van der Waals surface area contributed by atoms with Crippen molar-refractivity contribution in [3.05, 3.63) is 38.7 Å². The molecule has 0 saturated heterocycles. The second-order valence-electron chi connectivity index (χ2n) is 6.27. The molecule has 0 bridgehead atoms. The van der Waals surface area contributed by atoms with Crippen LogP contribution in [0, 0.1) is 5.92 Å². The largest absolute Gasteiger partial charge is 0.489 e. The van der Waals surface area contributed by atoms with Crippen molar-refractivity contribution in [3.63, 3.8) is 0 Å². The van der Waals surface area contributed by atoms with Crippen LogP contribution in [0.15, 0.2) is 21.3 Å². The van der Waals surface area contributed by atoms with Gasteiger partial charge in [0.2, 0.25) is 0 Å². The average molecular weight is 361 g/mol. The second kappa shape index (κ2) is 5.99. The molecule has 1 aliphatic rings. The number of hydrogen-bond acceptors (Lipinski definition) is 3. The fraction of sp³-hybridized carbons (Fsp3) is 0.471. The summed E-state index contributed by atoms with van der Waals surface area (Å²) in [6, 6.07) is 3.12. The number of halogens is 4. The summed E-state index contributed by atoms with van der Waals surface area (Å²) in [4.78, 5) is 12.2. The molecule has 24 heavy (non-hydrogen) atoms. The SMILES string of the molecule is CC(C)Oc1cc2oc(=O)c3c(c2cc1Cl)CCC(C(F)(F)F)C3. The average Bonchev–Trinajstić information content (AvgIpc) is 2.47. The van der Waals surface area contributed by atoms with E-state index in [0.717, 1.165) is 0 Å². The molecular weight excluding hydrogens is 345 g/mol. The molecule has 0 spiro atoms. The van der Waals surface area contributed by atoms with Gasteiger partial charge in [0.1, 0.15) is 11.3 Å². The molecule has 1 unspecified atom stereocenters. The van der Waals surface area contributed by atoms with Crippen molar-refractivity contribution in [1.29, 1.82) is 0 Å². The Bertz CT molecular complexity index is 840. The number of hydrogen-bond donors (Lipinski definition) is 0. The summed E-state index contributed by atoms with van der Waals surface area (Å²) in [5, 5.41) is 0.913. The number of aryl methyl sites for hydroxylation is 1. The van der Waals surface area contributed by atoms with Gasteiger partial charge in [-0.2, -0.15) is 13.2 Å². The quantitative estimate of drug-likeness (QED) is 0.715. The highest BCUT2D eigenvalue weighted by Gasteiger charge is 2.42. The molecule has 2 aromatic rings. The van der Waals surface area contributed by atoms with E-state index in [2.05, 4.69) is 0 Å². The molecule has 1 heterocycles. The van der Waals surface area contributed by atoms with Gasteiger partial charge < -0.3 is 9.15 Å². The van der Waals surface area contributed by atoms with Crippen LogP contribution in [-0.2, 0) is 12.8 Å². The maximum Gasteiger partial charge on any atom is 0.392 e. The monoisotopic (exact) mass is 360 g/mol. The number of rotatable bonds is 2. The van der Waals surface area contributed by atoms with E-state index in [1.54, 1.807) is 6.07 Å². The van der Waals surface area contributed by atoms with Gasteiger partial charge in [-0.3, -0.25) is 0 Å². The molecule has 7 heteroatoms. The third-order valence-electron chi connectivity index (χ3n) is 4.19. The molecule has 1 atom stereocenters. The molecule has 0 fully saturated rings. The number of alkyl halides is 3. The van der Waals surface area contributed by atoms with Gasteiger partial charge in [0, 0.05) is 17.0 Å². The molecule has 130 valence electrons. The lowest BCUT2D eigenvalue weighted by Crippen LogP contribution is -2.31. The first-order valence-corrected chi connectivity index (χ1v) is 8.06. The Labute approximate surface area is 141 Å². The summed E-state index contributed by atoms with van der Waals surface area (Å²) >= 11 is 6.21. The Kier molecular flexibility index (Phi) is 4.28. The Hall–Kier alpha value is -1.69. The predicted octanol–water partition coefficient (Wildman–Crippen LogP) is 4.90. The first-order valence-electron chi connectivity index (χ1n) is 7.68. The van der Waals surface area contributed by atoms with Crippen molar-refractivity contribution >= 4 is 22.6 Å². The molecule has 3 rings (SSSR count). The van der Waals surface area contributed by atoms with Gasteiger partial charge in [-0.15, -0.1) is 0 Å². The van der Waals surface area contributed by atoms with Gasteiger partial charge in [0.15, 0.2) is 0 Å². The molecule has 1 aromatic carbocycles. The first kappa shape index (κ1) is 17.1. The van der Waals surface area contributed by atoms with E-state index >= 15 is 0 Å². The van der Waals surface area contributed by atoms with Crippen LogP contribution in [0.1, 0.15) is 31.4 Å². The number of fused-ring (bicyclic) bond motifs is 3. The molecule has 0 radical (unpaired) electrons. The highest BCUT2D eigenvalue weighted by Crippen LogP contribution is 2.39. The zero-order chi connectivity index (χ0) is 17.6. The minimum absolute atomic E-state index is 0.0447. The summed E-state index contributed by atoms with van der Waals surface area (Å²) < 4.78 is 49.6. The highest BCUT2D eigenvalue weighted by atomic mass is 35.5. The summed E-state index contributed by atoms with van der Waals surface area (Å²) in [5.41, 5.74) is 0.262. The lowest BCUT2D eigenvalue weighted by atomic mass is 9.83. The van der Waals surface area contributed by atoms with Crippen molar-refractivity contribution in [3.8, 4) is 5.75 Å². The third-order valence-corrected chi connectivity index (χ3v) is 4.49. The van der Waals surface area contributed by atoms with Gasteiger partial charge in [0.25, 0.3) is 0 Å². The summed E-state index contributed by atoms with van der Waals surface area (Å²) in [5.74, 6) is -1.13. The Morgan fingerprint density at radius 3 is 2.62 bits per heavy atom. The van der Waals surface area contributed by atoms with Crippen molar-refractivity contribution in [2.45, 2.75) is 45.4 Å². The van der Waals surface area contributed by atoms with Crippen LogP contribution in [0.5, 0.6) is 5.75 Å². The number of ether oxygens (including phenoxy) is 1. The van der Waals surface area contributed by atoms with E-state index in [1.165, 1.54) is 6.07 Å². The summed E-state index contributed by atoms with van der Waals surface area (Å²) in [6.45, 7) is 3.67. The Morgan fingerprint density at radius 2 is 2.00 bits per heavy atom. The Morgan fingerprint density at radius 1 is 1.29 bits per heavy atom. The van der Waals surface area contributed by atoms with E-state index in [-0.39, 0.29) is 36.5 Å². The van der Waals surface area contributed by atoms with Crippen LogP contribution in [0.4, 0.5) is 13.2 Å². The van der Waals surface area contributed by atoms with Crippen LogP contribution in [0.25, 0.3) is 11.0 Å². The van der Waals surface area contributed by atoms with E-state index in [4.69, 9.17) is 20.8 Å². The molecule has 3 nitrogen and oxygen atoms in total. The minimum Gasteiger partial charge on any atom is -0.489 e. The van der Waals surface area contributed by atoms with Crippen LogP contribution >= 0.6 is 11.6 Å². The molecular formula is C17H16ClF3O3. The molecule has 1 aromatic heterocycles. The fourth-order valence-electron chi connectivity index (χ4n) is 3.09. The summed E-state index contributed by atoms with van der Waals surface area (Å²) in [7, 11) is 0. The Balaban J connectivity index is 2.12. The van der Waals surface area contributed by atoms with Crippen LogP contribution in [0.2, 0.25) is 5.02 Å². The molecule has 0 saturated carbocycles. The van der Waals surface area contributed by atoms with Crippen molar-refractivity contribution in [1.82, 2.24) is 0 Å². The normalized spacial score (nSPS) is 18.0. The molecule has 0 amide bonds. The van der Waals surface area contributed by atoms with Gasteiger partial charge >= 0.3 is 11.8 Å². The van der Waals surface area contributed by atoms with Crippen molar-refractivity contribution < 1.29 is 22.3 Å². The lowest BCUT2D eigenvalue weighted by molar-refractivity contribution is -0.177. The zero-order valence-corrected chi connectivity index (χ0v) is 13.9. The standard InChI is InChI=1S/C17H16ClF3O3/c1-8(2)23-15-7-14-11(6-13(15)18)10-4-3-9(17(19,20)21)5-12(10)16(22)24-14/h6-9H,3-5H2,1-2H3. The van der Waals surface area contributed by atoms with E-state index < -0.39 is 17.7 Å². The van der Waals surface area contributed by atoms with Crippen molar-refractivity contribution in [2.24, 2.45) is 5.92 Å². The van der Waals surface area contributed by atoms with E-state index in [1.807, 2.05) is 13.8 Å². The maximum absolute atomic E-state index is 12.9. The molecule has 0 N–H and O–H groups in total. The van der Waals surface area contributed by atoms with Gasteiger partial charge in [-0.05, 0) is 44.7 Å². The van der Waals surface area contributed by atoms with E-state index in [9.17, 15) is 18.0 Å². The third kappa shape index (κ3) is 3.11. The van der Waals surface area contributed by atoms with E-state index in [0.29, 0.717) is 21.7 Å². The van der Waals surface area contributed by atoms with Crippen LogP contribution < -0.4 is 10.4 Å². The topological polar surface area (TPSA) is 39.4 Å². The van der Waals surface area contributed by atoms with Gasteiger partial charge in [-0.25, -0.2) is 4.79 Å². The van der Waals surface area contributed by atoms with Gasteiger partial charge in [0.05, 0.1) is 17.0 Å². The lowest BCUT2D eigenvalue weighted by Gasteiger charge is -2.26. The summed E-state index contributed by atoms with van der Waals surface area (Å²) in [6.07, 6.45) is -4.65. The predicted molar refractivity (Wildman–Crippen MR) is 84.8 cm³/mol. The van der Waals surface area contributed by atoms with Gasteiger partial charge in [-0.1, -0.05) is 11.6 Å². The minimum atomic E-state index is -4.31. The second-order valence-corrected chi connectivity index (χ2v) is 6.68. The molecule has 1 aliphatic carbocycles. The first-order chi connectivity index (χ1) is 11.2. The smallest absolute Gasteiger partial charge is 0.392 e. The van der Waals surface area contributed by atoms with Crippen LogP contribution in [-0.4, -0.2) is 12.3 Å². The zero-order valence-electron chi connectivity index (χ0n) is 13.2. The van der Waals surface area contributed by atoms with Crippen molar-refractivity contribution in [2.75, 3.05) is 0 Å².